The molecule has 1 aromatic rings. The van der Waals surface area contributed by atoms with E-state index in [9.17, 15) is 9.59 Å². The van der Waals surface area contributed by atoms with Gasteiger partial charge in [0.15, 0.2) is 5.78 Å². The summed E-state index contributed by atoms with van der Waals surface area (Å²) in [6.45, 7) is 0. The van der Waals surface area contributed by atoms with Gasteiger partial charge in [-0.1, -0.05) is 23.9 Å². The Bertz CT molecular complexity index is 496. The van der Waals surface area contributed by atoms with Gasteiger partial charge in [0.05, 0.1) is 23.5 Å². The summed E-state index contributed by atoms with van der Waals surface area (Å²) in [5.41, 5.74) is 0.490. The number of carbonyl (C=O) groups excluding carboxylic acids is 2. The summed E-state index contributed by atoms with van der Waals surface area (Å²) in [7, 11) is 1.52. The Balaban J connectivity index is 2.23. The Morgan fingerprint density at radius 3 is 2.88 bits per heavy atom. The van der Waals surface area contributed by atoms with E-state index in [1.807, 2.05) is 0 Å². The molecule has 0 bridgehead atoms. The molecule has 0 saturated carbocycles. The number of nitrogens with one attached hydrogen (secondary N) is 1. The molecule has 0 aromatic heterocycles. The lowest BCUT2D eigenvalue weighted by Crippen LogP contribution is -2.14. The third-order valence-electron chi connectivity index (χ3n) is 2.26. The SMILES string of the molecule is COc1ccccc1C(=O)/C=C1\NC(=O)CS1. The number of ether oxygens (including phenoxy) is 1. The zero-order valence-corrected chi connectivity index (χ0v) is 10.0. The van der Waals surface area contributed by atoms with Crippen molar-refractivity contribution in [1.29, 1.82) is 0 Å². The van der Waals surface area contributed by atoms with E-state index < -0.39 is 0 Å². The second-order valence-corrected chi connectivity index (χ2v) is 4.43. The normalized spacial score (nSPS) is 17.0. The summed E-state index contributed by atoms with van der Waals surface area (Å²) in [4.78, 5) is 23.0. The minimum Gasteiger partial charge on any atom is -0.496 e. The van der Waals surface area contributed by atoms with Crippen LogP contribution in [0.25, 0.3) is 0 Å². The molecule has 0 spiro atoms. The first-order chi connectivity index (χ1) is 8.20. The van der Waals surface area contributed by atoms with Gasteiger partial charge in [0.1, 0.15) is 5.75 Å². The van der Waals surface area contributed by atoms with Crippen LogP contribution in [0.3, 0.4) is 0 Å². The molecule has 1 aliphatic rings. The Hall–Kier alpha value is -1.75. The number of thioether (sulfide) groups is 1. The van der Waals surface area contributed by atoms with Crippen LogP contribution in [0.15, 0.2) is 35.4 Å². The maximum absolute atomic E-state index is 12.0. The maximum Gasteiger partial charge on any atom is 0.235 e. The lowest BCUT2D eigenvalue weighted by molar-refractivity contribution is -0.117. The fourth-order valence-corrected chi connectivity index (χ4v) is 2.21. The van der Waals surface area contributed by atoms with Gasteiger partial charge in [-0.15, -0.1) is 0 Å². The first-order valence-electron chi connectivity index (χ1n) is 5.02. The minimum atomic E-state index is -0.174. The van der Waals surface area contributed by atoms with Crippen molar-refractivity contribution >= 4 is 23.5 Å². The average Bonchev–Trinajstić information content (AvgIpc) is 2.74. The standard InChI is InChI=1S/C12H11NO3S/c1-16-10-5-3-2-4-8(10)9(14)6-12-13-11(15)7-17-12/h2-6H,7H2,1H3,(H,13,15)/b12-6+. The number of amides is 1. The number of rotatable bonds is 3. The molecule has 0 aliphatic carbocycles. The summed E-state index contributed by atoms with van der Waals surface area (Å²) in [5, 5.41) is 3.20. The van der Waals surface area contributed by atoms with Gasteiger partial charge in [-0.25, -0.2) is 0 Å². The van der Waals surface area contributed by atoms with Gasteiger partial charge in [-0.2, -0.15) is 0 Å². The molecule has 2 rings (SSSR count). The molecule has 1 aliphatic heterocycles. The number of hydrogen-bond acceptors (Lipinski definition) is 4. The quantitative estimate of drug-likeness (QED) is 0.652. The average molecular weight is 249 g/mol. The number of methoxy groups -OCH3 is 1. The predicted molar refractivity (Wildman–Crippen MR) is 66.0 cm³/mol. The van der Waals surface area contributed by atoms with Crippen LogP contribution in [-0.2, 0) is 4.79 Å². The molecule has 1 N–H and O–H groups in total. The van der Waals surface area contributed by atoms with Gasteiger partial charge in [-0.3, -0.25) is 9.59 Å². The molecule has 88 valence electrons. The second-order valence-electron chi connectivity index (χ2n) is 3.41. The number of allylic oxidation sites excluding steroid dienone is 1. The van der Waals surface area contributed by atoms with Crippen molar-refractivity contribution in [2.24, 2.45) is 0 Å². The highest BCUT2D eigenvalue weighted by Gasteiger charge is 2.17. The van der Waals surface area contributed by atoms with E-state index in [-0.39, 0.29) is 11.7 Å². The van der Waals surface area contributed by atoms with Gasteiger partial charge in [0.2, 0.25) is 5.91 Å². The van der Waals surface area contributed by atoms with Gasteiger partial charge >= 0.3 is 0 Å². The molecule has 0 unspecified atom stereocenters. The van der Waals surface area contributed by atoms with Crippen LogP contribution in [0.4, 0.5) is 0 Å². The molecule has 1 fully saturated rings. The van der Waals surface area contributed by atoms with Crippen molar-refractivity contribution in [2.75, 3.05) is 12.9 Å². The van der Waals surface area contributed by atoms with Crippen molar-refractivity contribution in [2.45, 2.75) is 0 Å². The van der Waals surface area contributed by atoms with Crippen molar-refractivity contribution < 1.29 is 14.3 Å². The van der Waals surface area contributed by atoms with Crippen molar-refractivity contribution in [1.82, 2.24) is 5.32 Å². The lowest BCUT2D eigenvalue weighted by Gasteiger charge is -2.04. The van der Waals surface area contributed by atoms with E-state index >= 15 is 0 Å². The molecule has 1 saturated heterocycles. The lowest BCUT2D eigenvalue weighted by atomic mass is 10.1. The van der Waals surface area contributed by atoms with Crippen molar-refractivity contribution in [3.05, 3.63) is 40.9 Å². The summed E-state index contributed by atoms with van der Waals surface area (Å²) in [6.07, 6.45) is 1.42. The zero-order valence-electron chi connectivity index (χ0n) is 9.23. The van der Waals surface area contributed by atoms with Crippen LogP contribution in [0.2, 0.25) is 0 Å². The highest BCUT2D eigenvalue weighted by Crippen LogP contribution is 2.22. The van der Waals surface area contributed by atoms with E-state index in [0.717, 1.165) is 0 Å². The van der Waals surface area contributed by atoms with Gasteiger partial charge in [0.25, 0.3) is 0 Å². The number of benzene rings is 1. The van der Waals surface area contributed by atoms with E-state index in [2.05, 4.69) is 5.32 Å². The maximum atomic E-state index is 12.0. The Kier molecular flexibility index (Phi) is 3.49. The summed E-state index contributed by atoms with van der Waals surface area (Å²) >= 11 is 1.33. The van der Waals surface area contributed by atoms with E-state index in [0.29, 0.717) is 22.1 Å². The molecule has 0 radical (unpaired) electrons. The highest BCUT2D eigenvalue weighted by molar-refractivity contribution is 8.04. The molecule has 17 heavy (non-hydrogen) atoms. The Morgan fingerprint density at radius 2 is 2.24 bits per heavy atom. The van der Waals surface area contributed by atoms with E-state index in [1.54, 1.807) is 24.3 Å². The summed E-state index contributed by atoms with van der Waals surface area (Å²) in [5.74, 6) is 0.648. The molecule has 1 aromatic carbocycles. The topological polar surface area (TPSA) is 55.4 Å². The molecule has 1 heterocycles. The Labute approximate surface area is 103 Å². The van der Waals surface area contributed by atoms with Gasteiger partial charge < -0.3 is 10.1 Å². The third kappa shape index (κ3) is 2.68. The number of carbonyl (C=O) groups is 2. The number of para-hydroxylation sites is 1. The number of ketones is 1. The van der Waals surface area contributed by atoms with E-state index in [1.165, 1.54) is 24.9 Å². The smallest absolute Gasteiger partial charge is 0.235 e. The molecule has 4 nitrogen and oxygen atoms in total. The van der Waals surface area contributed by atoms with Crippen LogP contribution in [0, 0.1) is 0 Å². The summed E-state index contributed by atoms with van der Waals surface area (Å²) < 4.78 is 5.11. The third-order valence-corrected chi connectivity index (χ3v) is 3.19. The van der Waals surface area contributed by atoms with Crippen molar-refractivity contribution in [3.63, 3.8) is 0 Å². The van der Waals surface area contributed by atoms with Crippen molar-refractivity contribution in [3.8, 4) is 5.75 Å². The Morgan fingerprint density at radius 1 is 1.47 bits per heavy atom. The molecular weight excluding hydrogens is 238 g/mol. The zero-order chi connectivity index (χ0) is 12.3. The van der Waals surface area contributed by atoms with E-state index in [4.69, 9.17) is 4.74 Å². The fraction of sp³-hybridized carbons (Fsp3) is 0.167. The van der Waals surface area contributed by atoms with Crippen LogP contribution in [0.1, 0.15) is 10.4 Å². The minimum absolute atomic E-state index is 0.0749. The molecular formula is C12H11NO3S. The van der Waals surface area contributed by atoms with Crippen LogP contribution >= 0.6 is 11.8 Å². The first kappa shape index (κ1) is 11.7. The van der Waals surface area contributed by atoms with Crippen LogP contribution in [-0.4, -0.2) is 24.6 Å². The molecule has 5 heteroatoms. The van der Waals surface area contributed by atoms with Gasteiger partial charge in [-0.05, 0) is 12.1 Å². The van der Waals surface area contributed by atoms with Crippen LogP contribution in [0.5, 0.6) is 5.75 Å². The van der Waals surface area contributed by atoms with Gasteiger partial charge in [0, 0.05) is 6.08 Å². The number of hydrogen-bond donors (Lipinski definition) is 1. The highest BCUT2D eigenvalue weighted by atomic mass is 32.2. The van der Waals surface area contributed by atoms with Crippen LogP contribution < -0.4 is 10.1 Å². The monoisotopic (exact) mass is 249 g/mol. The molecule has 0 atom stereocenters. The summed E-state index contributed by atoms with van der Waals surface area (Å²) in [6, 6.07) is 7.00. The fourth-order valence-electron chi connectivity index (χ4n) is 1.48. The first-order valence-corrected chi connectivity index (χ1v) is 6.01. The predicted octanol–water partition coefficient (Wildman–Crippen LogP) is 1.58. The largest absolute Gasteiger partial charge is 0.496 e. The molecule has 1 amide bonds. The second kappa shape index (κ2) is 5.05.